The second kappa shape index (κ2) is 7.48. The Morgan fingerprint density at radius 1 is 1.28 bits per heavy atom. The van der Waals surface area contributed by atoms with E-state index in [1.165, 1.54) is 0 Å². The maximum absolute atomic E-state index is 11.6. The highest BCUT2D eigenvalue weighted by Gasteiger charge is 2.09. The van der Waals surface area contributed by atoms with Crippen molar-refractivity contribution < 1.29 is 9.59 Å². The maximum atomic E-state index is 11.6. The van der Waals surface area contributed by atoms with Gasteiger partial charge < -0.3 is 11.1 Å². The highest BCUT2D eigenvalue weighted by Crippen LogP contribution is 2.09. The molecule has 98 valence electrons. The van der Waals surface area contributed by atoms with Gasteiger partial charge >= 0.3 is 0 Å². The number of carbonyl (C=O) groups excluding carboxylic acids is 2. The summed E-state index contributed by atoms with van der Waals surface area (Å²) in [5.74, 6) is -0.129. The Morgan fingerprint density at radius 3 is 2.56 bits per heavy atom. The fraction of sp³-hybridized carbons (Fsp3) is 0.429. The zero-order chi connectivity index (χ0) is 13.4. The molecule has 1 aromatic carbocycles. The van der Waals surface area contributed by atoms with Crippen LogP contribution in [0.2, 0.25) is 0 Å². The van der Waals surface area contributed by atoms with Crippen LogP contribution in [0.1, 0.15) is 31.7 Å². The summed E-state index contributed by atoms with van der Waals surface area (Å²) in [5, 5.41) is 2.86. The Kier molecular flexibility index (Phi) is 5.91. The van der Waals surface area contributed by atoms with Crippen molar-refractivity contribution in [2.45, 2.75) is 32.7 Å². The molecule has 2 amide bonds. The Balaban J connectivity index is 2.23. The van der Waals surface area contributed by atoms with Gasteiger partial charge in [0.05, 0.1) is 0 Å². The van der Waals surface area contributed by atoms with Gasteiger partial charge in [-0.15, -0.1) is 0 Å². The Morgan fingerprint density at radius 2 is 1.94 bits per heavy atom. The molecular weight excluding hydrogens is 228 g/mol. The molecule has 4 heteroatoms. The van der Waals surface area contributed by atoms with Crippen LogP contribution in [0.4, 0.5) is 0 Å². The van der Waals surface area contributed by atoms with E-state index in [0.29, 0.717) is 25.8 Å². The average Bonchev–Trinajstić information content (AvgIpc) is 2.35. The van der Waals surface area contributed by atoms with E-state index in [2.05, 4.69) is 5.32 Å². The summed E-state index contributed by atoms with van der Waals surface area (Å²) in [4.78, 5) is 22.3. The van der Waals surface area contributed by atoms with Gasteiger partial charge in [0.1, 0.15) is 0 Å². The largest absolute Gasteiger partial charge is 0.370 e. The molecule has 4 nitrogen and oxygen atoms in total. The van der Waals surface area contributed by atoms with Crippen molar-refractivity contribution >= 4 is 11.8 Å². The van der Waals surface area contributed by atoms with Crippen molar-refractivity contribution in [3.63, 3.8) is 0 Å². The smallest absolute Gasteiger partial charge is 0.220 e. The summed E-state index contributed by atoms with van der Waals surface area (Å²) >= 11 is 0. The van der Waals surface area contributed by atoms with E-state index in [-0.39, 0.29) is 17.7 Å². The Bertz CT molecular complexity index is 390. The van der Waals surface area contributed by atoms with Crippen LogP contribution in [-0.4, -0.2) is 11.8 Å². The lowest BCUT2D eigenvalue weighted by Gasteiger charge is -2.10. The maximum Gasteiger partial charge on any atom is 0.220 e. The standard InChI is InChI=1S/C14H20N2O2/c1-11(7-8-13(15)17)9-14(18)16-10-12-5-3-2-4-6-12/h2-6,11H,7-10H2,1H3,(H2,15,17)(H,16,18)/t11-/m0/s1. The molecule has 0 bridgehead atoms. The zero-order valence-corrected chi connectivity index (χ0v) is 10.7. The van der Waals surface area contributed by atoms with E-state index in [9.17, 15) is 9.59 Å². The number of hydrogen-bond acceptors (Lipinski definition) is 2. The molecule has 0 saturated carbocycles. The first kappa shape index (κ1) is 14.2. The average molecular weight is 248 g/mol. The monoisotopic (exact) mass is 248 g/mol. The van der Waals surface area contributed by atoms with E-state index in [0.717, 1.165) is 5.56 Å². The molecule has 0 aromatic heterocycles. The van der Waals surface area contributed by atoms with E-state index < -0.39 is 0 Å². The number of nitrogens with one attached hydrogen (secondary N) is 1. The molecule has 0 aliphatic carbocycles. The van der Waals surface area contributed by atoms with Crippen LogP contribution in [0.15, 0.2) is 30.3 Å². The van der Waals surface area contributed by atoms with Gasteiger partial charge in [-0.05, 0) is 17.9 Å². The van der Waals surface area contributed by atoms with Crippen LogP contribution >= 0.6 is 0 Å². The zero-order valence-electron chi connectivity index (χ0n) is 10.7. The van der Waals surface area contributed by atoms with Gasteiger partial charge in [0.2, 0.25) is 11.8 Å². The molecule has 0 fully saturated rings. The molecule has 1 aromatic rings. The number of nitrogens with two attached hydrogens (primary N) is 1. The minimum atomic E-state index is -0.313. The van der Waals surface area contributed by atoms with Gasteiger partial charge in [-0.3, -0.25) is 9.59 Å². The Labute approximate surface area is 108 Å². The van der Waals surface area contributed by atoms with Crippen LogP contribution < -0.4 is 11.1 Å². The molecular formula is C14H20N2O2. The van der Waals surface area contributed by atoms with Crippen molar-refractivity contribution in [3.05, 3.63) is 35.9 Å². The SMILES string of the molecule is C[C@@H](CCC(N)=O)CC(=O)NCc1ccccc1. The number of carbonyl (C=O) groups is 2. The van der Waals surface area contributed by atoms with Crippen molar-refractivity contribution in [3.8, 4) is 0 Å². The van der Waals surface area contributed by atoms with Gasteiger partial charge in [0.25, 0.3) is 0 Å². The molecule has 1 rings (SSSR count). The fourth-order valence-corrected chi connectivity index (χ4v) is 1.68. The predicted molar refractivity (Wildman–Crippen MR) is 70.5 cm³/mol. The number of primary amides is 1. The number of rotatable bonds is 7. The first-order valence-corrected chi connectivity index (χ1v) is 6.17. The Hall–Kier alpha value is -1.84. The molecule has 18 heavy (non-hydrogen) atoms. The van der Waals surface area contributed by atoms with E-state index in [1.807, 2.05) is 37.3 Å². The number of amides is 2. The molecule has 0 spiro atoms. The lowest BCUT2D eigenvalue weighted by Crippen LogP contribution is -2.25. The van der Waals surface area contributed by atoms with Crippen molar-refractivity contribution in [2.24, 2.45) is 11.7 Å². The van der Waals surface area contributed by atoms with E-state index >= 15 is 0 Å². The third kappa shape index (κ3) is 6.03. The van der Waals surface area contributed by atoms with Crippen LogP contribution in [0.5, 0.6) is 0 Å². The predicted octanol–water partition coefficient (Wildman–Crippen LogP) is 1.59. The van der Waals surface area contributed by atoms with Gasteiger partial charge in [0, 0.05) is 19.4 Å². The quantitative estimate of drug-likeness (QED) is 0.769. The summed E-state index contributed by atoms with van der Waals surface area (Å²) in [7, 11) is 0. The molecule has 0 unspecified atom stereocenters. The molecule has 0 aliphatic heterocycles. The van der Waals surface area contributed by atoms with Crippen molar-refractivity contribution in [1.29, 1.82) is 0 Å². The molecule has 1 atom stereocenters. The molecule has 0 aliphatic rings. The van der Waals surface area contributed by atoms with Gasteiger partial charge in [-0.1, -0.05) is 37.3 Å². The highest BCUT2D eigenvalue weighted by atomic mass is 16.1. The van der Waals surface area contributed by atoms with Gasteiger partial charge in [-0.25, -0.2) is 0 Å². The molecule has 0 saturated heterocycles. The summed E-state index contributed by atoms with van der Waals surface area (Å²) in [6.45, 7) is 2.49. The lowest BCUT2D eigenvalue weighted by molar-refractivity contribution is -0.123. The summed E-state index contributed by atoms with van der Waals surface area (Å²) in [5.41, 5.74) is 6.15. The van der Waals surface area contributed by atoms with Crippen molar-refractivity contribution in [1.82, 2.24) is 5.32 Å². The minimum Gasteiger partial charge on any atom is -0.370 e. The minimum absolute atomic E-state index is 0.0100. The van der Waals surface area contributed by atoms with Crippen LogP contribution in [0, 0.1) is 5.92 Å². The topological polar surface area (TPSA) is 72.2 Å². The third-order valence-electron chi connectivity index (χ3n) is 2.75. The van der Waals surface area contributed by atoms with E-state index in [1.54, 1.807) is 0 Å². The normalized spacial score (nSPS) is 11.8. The van der Waals surface area contributed by atoms with Crippen molar-refractivity contribution in [2.75, 3.05) is 0 Å². The third-order valence-corrected chi connectivity index (χ3v) is 2.75. The molecule has 3 N–H and O–H groups in total. The number of benzene rings is 1. The summed E-state index contributed by atoms with van der Waals surface area (Å²) in [6.07, 6.45) is 1.43. The second-order valence-corrected chi connectivity index (χ2v) is 4.58. The summed E-state index contributed by atoms with van der Waals surface area (Å²) in [6, 6.07) is 9.76. The highest BCUT2D eigenvalue weighted by molar-refractivity contribution is 5.76. The lowest BCUT2D eigenvalue weighted by atomic mass is 10.0. The number of hydrogen-bond donors (Lipinski definition) is 2. The van der Waals surface area contributed by atoms with Gasteiger partial charge in [0.15, 0.2) is 0 Å². The first-order chi connectivity index (χ1) is 8.58. The van der Waals surface area contributed by atoms with Crippen LogP contribution in [0.25, 0.3) is 0 Å². The molecule has 0 heterocycles. The second-order valence-electron chi connectivity index (χ2n) is 4.58. The van der Waals surface area contributed by atoms with Gasteiger partial charge in [-0.2, -0.15) is 0 Å². The first-order valence-electron chi connectivity index (χ1n) is 6.17. The summed E-state index contributed by atoms with van der Waals surface area (Å²) < 4.78 is 0. The fourth-order valence-electron chi connectivity index (χ4n) is 1.68. The van der Waals surface area contributed by atoms with E-state index in [4.69, 9.17) is 5.73 Å². The molecule has 0 radical (unpaired) electrons. The van der Waals surface area contributed by atoms with Crippen LogP contribution in [-0.2, 0) is 16.1 Å². The van der Waals surface area contributed by atoms with Crippen LogP contribution in [0.3, 0.4) is 0 Å².